The number of rotatable bonds is 3. The highest BCUT2D eigenvalue weighted by atomic mass is 79.9. The molecule has 0 N–H and O–H groups in total. The first-order valence-corrected chi connectivity index (χ1v) is 6.73. The van der Waals surface area contributed by atoms with Crippen molar-refractivity contribution in [2.75, 3.05) is 0 Å². The fourth-order valence-corrected chi connectivity index (χ4v) is 2.66. The first kappa shape index (κ1) is 14.2. The number of carbonyl (C=O) groups excluding carboxylic acids is 1. The van der Waals surface area contributed by atoms with Crippen molar-refractivity contribution in [1.82, 2.24) is 9.78 Å². The van der Waals surface area contributed by atoms with E-state index >= 15 is 0 Å². The second-order valence-corrected chi connectivity index (χ2v) is 5.41. The predicted molar refractivity (Wildman–Crippen MR) is 75.1 cm³/mol. The highest BCUT2D eigenvalue weighted by Gasteiger charge is 2.17. The fourth-order valence-electron chi connectivity index (χ4n) is 1.85. The number of hydrogen-bond donors (Lipinski definition) is 0. The average Bonchev–Trinajstić information content (AvgIpc) is 2.56. The first-order valence-electron chi connectivity index (χ1n) is 5.56. The zero-order chi connectivity index (χ0) is 14.2. The minimum atomic E-state index is -0.390. The lowest BCUT2D eigenvalue weighted by Crippen LogP contribution is -2.05. The molecule has 0 saturated heterocycles. The van der Waals surface area contributed by atoms with E-state index in [1.54, 1.807) is 14.0 Å². The number of benzene rings is 1. The van der Waals surface area contributed by atoms with Gasteiger partial charge in [0.25, 0.3) is 0 Å². The quantitative estimate of drug-likeness (QED) is 0.795. The minimum Gasteiger partial charge on any atom is -0.294 e. The van der Waals surface area contributed by atoms with E-state index in [0.29, 0.717) is 20.8 Å². The van der Waals surface area contributed by atoms with E-state index in [2.05, 4.69) is 21.0 Å². The second-order valence-electron chi connectivity index (χ2n) is 4.20. The van der Waals surface area contributed by atoms with Crippen LogP contribution in [0.15, 0.2) is 22.7 Å². The topological polar surface area (TPSA) is 34.9 Å². The molecule has 6 heteroatoms. The van der Waals surface area contributed by atoms with E-state index in [1.807, 2.05) is 0 Å². The standard InChI is InChI=1S/C13H11BrClFN2O/c1-7-10(13(15)18(2)17-7)6-12(19)9-4-3-8(16)5-11(9)14/h3-5H,6H2,1-2H3. The Kier molecular flexibility index (Phi) is 4.06. The Balaban J connectivity index is 2.31. The van der Waals surface area contributed by atoms with Gasteiger partial charge in [0.1, 0.15) is 11.0 Å². The normalized spacial score (nSPS) is 10.8. The van der Waals surface area contributed by atoms with Crippen LogP contribution in [-0.4, -0.2) is 15.6 Å². The van der Waals surface area contributed by atoms with Crippen LogP contribution in [0.3, 0.4) is 0 Å². The summed E-state index contributed by atoms with van der Waals surface area (Å²) in [6.45, 7) is 1.80. The molecule has 2 aromatic rings. The summed E-state index contributed by atoms with van der Waals surface area (Å²) < 4.78 is 15.0. The van der Waals surface area contributed by atoms with E-state index in [9.17, 15) is 9.18 Å². The largest absolute Gasteiger partial charge is 0.294 e. The predicted octanol–water partition coefficient (Wildman–Crippen LogP) is 3.71. The Morgan fingerprint density at radius 1 is 1.53 bits per heavy atom. The van der Waals surface area contributed by atoms with Crippen molar-refractivity contribution < 1.29 is 9.18 Å². The molecule has 0 radical (unpaired) electrons. The third-order valence-corrected chi connectivity index (χ3v) is 3.97. The monoisotopic (exact) mass is 344 g/mol. The summed E-state index contributed by atoms with van der Waals surface area (Å²) in [6.07, 6.45) is 0.142. The molecule has 0 bridgehead atoms. The molecule has 2 rings (SSSR count). The molecule has 1 aromatic heterocycles. The molecule has 0 unspecified atom stereocenters. The molecular formula is C13H11BrClFN2O. The summed E-state index contributed by atoms with van der Waals surface area (Å²) in [4.78, 5) is 12.2. The minimum absolute atomic E-state index is 0.134. The molecule has 0 aliphatic carbocycles. The Labute approximate surface area is 123 Å². The van der Waals surface area contributed by atoms with Gasteiger partial charge >= 0.3 is 0 Å². The molecule has 0 fully saturated rings. The smallest absolute Gasteiger partial charge is 0.168 e. The average molecular weight is 346 g/mol. The molecule has 0 aliphatic heterocycles. The molecule has 100 valence electrons. The van der Waals surface area contributed by atoms with Crippen LogP contribution < -0.4 is 0 Å². The lowest BCUT2D eigenvalue weighted by atomic mass is 10.0. The van der Waals surface area contributed by atoms with Gasteiger partial charge in [-0.3, -0.25) is 9.48 Å². The van der Waals surface area contributed by atoms with Crippen molar-refractivity contribution in [1.29, 1.82) is 0 Å². The lowest BCUT2D eigenvalue weighted by Gasteiger charge is -2.04. The molecule has 0 amide bonds. The van der Waals surface area contributed by atoms with Gasteiger partial charge in [0.15, 0.2) is 5.78 Å². The summed E-state index contributed by atoms with van der Waals surface area (Å²) >= 11 is 9.28. The third-order valence-electron chi connectivity index (χ3n) is 2.84. The van der Waals surface area contributed by atoms with Crippen molar-refractivity contribution in [3.63, 3.8) is 0 Å². The molecule has 0 atom stereocenters. The lowest BCUT2D eigenvalue weighted by molar-refractivity contribution is 0.0992. The SMILES string of the molecule is Cc1nn(C)c(Cl)c1CC(=O)c1ccc(F)cc1Br. The van der Waals surface area contributed by atoms with Crippen molar-refractivity contribution in [2.45, 2.75) is 13.3 Å². The van der Waals surface area contributed by atoms with Gasteiger partial charge in [-0.2, -0.15) is 5.10 Å². The number of nitrogens with zero attached hydrogens (tertiary/aromatic N) is 2. The Hall–Kier alpha value is -1.20. The summed E-state index contributed by atoms with van der Waals surface area (Å²) in [7, 11) is 1.72. The van der Waals surface area contributed by atoms with Gasteiger partial charge in [0.05, 0.1) is 5.69 Å². The van der Waals surface area contributed by atoms with Crippen LogP contribution in [0.2, 0.25) is 5.15 Å². The maximum absolute atomic E-state index is 13.0. The van der Waals surface area contributed by atoms with E-state index < -0.39 is 0 Å². The summed E-state index contributed by atoms with van der Waals surface area (Å²) in [5, 5.41) is 4.60. The Morgan fingerprint density at radius 2 is 2.21 bits per heavy atom. The zero-order valence-corrected chi connectivity index (χ0v) is 12.7. The van der Waals surface area contributed by atoms with Crippen molar-refractivity contribution in [2.24, 2.45) is 7.05 Å². The van der Waals surface area contributed by atoms with Gasteiger partial charge in [-0.25, -0.2) is 4.39 Å². The van der Waals surface area contributed by atoms with Gasteiger partial charge in [0, 0.05) is 29.1 Å². The van der Waals surface area contributed by atoms with Gasteiger partial charge in [-0.05, 0) is 41.1 Å². The van der Waals surface area contributed by atoms with Crippen molar-refractivity contribution >= 4 is 33.3 Å². The molecule has 0 aliphatic rings. The Bertz CT molecular complexity index is 654. The van der Waals surface area contributed by atoms with Gasteiger partial charge in [0.2, 0.25) is 0 Å². The van der Waals surface area contributed by atoms with Gasteiger partial charge in [-0.15, -0.1) is 0 Å². The molecule has 1 aromatic carbocycles. The van der Waals surface area contributed by atoms with Crippen LogP contribution in [0.5, 0.6) is 0 Å². The molecule has 1 heterocycles. The number of halogens is 3. The second kappa shape index (κ2) is 5.43. The van der Waals surface area contributed by atoms with E-state index in [1.165, 1.54) is 22.9 Å². The van der Waals surface area contributed by atoms with Crippen molar-refractivity contribution in [3.8, 4) is 0 Å². The van der Waals surface area contributed by atoms with Crippen LogP contribution in [0.4, 0.5) is 4.39 Å². The van der Waals surface area contributed by atoms with Crippen molar-refractivity contribution in [3.05, 3.63) is 50.5 Å². The molecule has 3 nitrogen and oxygen atoms in total. The van der Waals surface area contributed by atoms with Crippen LogP contribution >= 0.6 is 27.5 Å². The van der Waals surface area contributed by atoms with Gasteiger partial charge < -0.3 is 0 Å². The maximum Gasteiger partial charge on any atom is 0.168 e. The fraction of sp³-hybridized carbons (Fsp3) is 0.231. The first-order chi connectivity index (χ1) is 8.90. The molecule has 19 heavy (non-hydrogen) atoms. The highest BCUT2D eigenvalue weighted by molar-refractivity contribution is 9.10. The van der Waals surface area contributed by atoms with E-state index in [0.717, 1.165) is 5.69 Å². The van der Waals surface area contributed by atoms with E-state index in [-0.39, 0.29) is 18.0 Å². The number of aryl methyl sites for hydroxylation is 2. The third kappa shape index (κ3) is 2.87. The van der Waals surface area contributed by atoms with Gasteiger partial charge in [-0.1, -0.05) is 11.6 Å². The summed E-state index contributed by atoms with van der Waals surface area (Å²) in [6, 6.07) is 3.99. The maximum atomic E-state index is 13.0. The number of Topliss-reactive ketones (excluding diaryl/α,β-unsaturated/α-hetero) is 1. The number of aromatic nitrogens is 2. The van der Waals surface area contributed by atoms with E-state index in [4.69, 9.17) is 11.6 Å². The molecular weight excluding hydrogens is 335 g/mol. The number of ketones is 1. The zero-order valence-electron chi connectivity index (χ0n) is 10.4. The highest BCUT2D eigenvalue weighted by Crippen LogP contribution is 2.24. The number of carbonyl (C=O) groups is 1. The van der Waals surface area contributed by atoms with Crippen LogP contribution in [0, 0.1) is 12.7 Å². The molecule has 0 spiro atoms. The number of hydrogen-bond acceptors (Lipinski definition) is 2. The van der Waals surface area contributed by atoms with Crippen LogP contribution in [0.1, 0.15) is 21.6 Å². The van der Waals surface area contributed by atoms with Crippen LogP contribution in [0.25, 0.3) is 0 Å². The van der Waals surface area contributed by atoms with Crippen LogP contribution in [-0.2, 0) is 13.5 Å². The molecule has 0 saturated carbocycles. The summed E-state index contributed by atoms with van der Waals surface area (Å²) in [5.74, 6) is -0.524. The Morgan fingerprint density at radius 3 is 2.74 bits per heavy atom. The summed E-state index contributed by atoms with van der Waals surface area (Å²) in [5.41, 5.74) is 1.85.